The molecule has 2 aromatic carbocycles. The zero-order chi connectivity index (χ0) is 36.8. The number of carbonyl (C=O) groups excluding carboxylic acids is 2. The van der Waals surface area contributed by atoms with Crippen LogP contribution in [0.1, 0.15) is 94.6 Å². The summed E-state index contributed by atoms with van der Waals surface area (Å²) in [5, 5.41) is 20.3. The van der Waals surface area contributed by atoms with Gasteiger partial charge in [-0.2, -0.15) is 0 Å². The van der Waals surface area contributed by atoms with Crippen molar-refractivity contribution in [1.29, 1.82) is 0 Å². The lowest BCUT2D eigenvalue weighted by atomic mass is 10.0. The molecule has 0 radical (unpaired) electrons. The number of carbonyl (C=O) groups is 2. The highest BCUT2D eigenvalue weighted by Crippen LogP contribution is 2.39. The average molecular weight is 713 g/mol. The monoisotopic (exact) mass is 712 g/mol. The lowest BCUT2D eigenvalue weighted by molar-refractivity contribution is -0.145. The van der Waals surface area contributed by atoms with Crippen LogP contribution in [0.15, 0.2) is 42.5 Å². The molecule has 1 aliphatic rings. The molecule has 0 spiro atoms. The Morgan fingerprint density at radius 2 is 1.41 bits per heavy atom. The number of aliphatic hydroxyl groups excluding tert-OH is 2. The van der Waals surface area contributed by atoms with Crippen molar-refractivity contribution in [2.75, 3.05) is 41.7 Å². The van der Waals surface area contributed by atoms with Crippen molar-refractivity contribution in [3.63, 3.8) is 0 Å². The van der Waals surface area contributed by atoms with Gasteiger partial charge in [-0.25, -0.2) is 4.79 Å². The fourth-order valence-electron chi connectivity index (χ4n) is 5.84. The number of hydrogen-bond donors (Lipinski definition) is 2. The lowest BCUT2D eigenvalue weighted by Crippen LogP contribution is -2.28. The molecule has 2 N–H and O–H groups in total. The standard InChI is InChI=1S/C40H56O11/c1-45-34-20-19-29(17-18-30-25-36(46-2)40(48-4)37(26-30)47-3)24-35(34)49-22-12-10-8-6-5-7-9-11-15-38(43)50-23-21-31(41)27-32(42)28-33-14-13-16-39(44)51-33/h13,16-20,24-26,31-33,41-42H,5-12,14-15,21-23,27-28H2,1-4H3/b18-17-/t31-,32+,33+/m1/s1. The van der Waals surface area contributed by atoms with E-state index in [1.165, 1.54) is 6.08 Å². The predicted octanol–water partition coefficient (Wildman–Crippen LogP) is 7.09. The van der Waals surface area contributed by atoms with Gasteiger partial charge < -0.3 is 43.4 Å². The molecule has 11 nitrogen and oxygen atoms in total. The smallest absolute Gasteiger partial charge is 0.330 e. The number of benzene rings is 2. The van der Waals surface area contributed by atoms with Gasteiger partial charge in [0.05, 0.1) is 53.9 Å². The predicted molar refractivity (Wildman–Crippen MR) is 196 cm³/mol. The molecule has 51 heavy (non-hydrogen) atoms. The van der Waals surface area contributed by atoms with Crippen molar-refractivity contribution >= 4 is 24.1 Å². The minimum Gasteiger partial charge on any atom is -0.493 e. The Morgan fingerprint density at radius 3 is 2.06 bits per heavy atom. The molecule has 0 bridgehead atoms. The van der Waals surface area contributed by atoms with E-state index in [9.17, 15) is 19.8 Å². The quantitative estimate of drug-likeness (QED) is 0.0620. The van der Waals surface area contributed by atoms with E-state index in [4.69, 9.17) is 33.2 Å². The Balaban J connectivity index is 1.22. The van der Waals surface area contributed by atoms with E-state index in [0.29, 0.717) is 48.2 Å². The van der Waals surface area contributed by atoms with Crippen molar-refractivity contribution < 1.29 is 53.0 Å². The number of unbranched alkanes of at least 4 members (excludes halogenated alkanes) is 7. The van der Waals surface area contributed by atoms with Crippen LogP contribution in [-0.4, -0.2) is 82.1 Å². The SMILES string of the molecule is COc1ccc(/C=C\c2cc(OC)c(OC)c(OC)c2)cc1OCCCCCCCCCCC(=O)OCC[C@@H](O)C[C@H](O)C[C@@H]1CC=CC(=O)O1. The Morgan fingerprint density at radius 1 is 0.784 bits per heavy atom. The molecular weight excluding hydrogens is 656 g/mol. The van der Waals surface area contributed by atoms with Crippen LogP contribution in [-0.2, 0) is 19.1 Å². The van der Waals surface area contributed by atoms with E-state index < -0.39 is 18.2 Å². The van der Waals surface area contributed by atoms with E-state index in [1.807, 2.05) is 42.5 Å². The van der Waals surface area contributed by atoms with Gasteiger partial charge in [0.25, 0.3) is 0 Å². The molecule has 1 heterocycles. The van der Waals surface area contributed by atoms with E-state index in [1.54, 1.807) is 34.5 Å². The summed E-state index contributed by atoms with van der Waals surface area (Å²) in [4.78, 5) is 23.3. The zero-order valence-electron chi connectivity index (χ0n) is 30.6. The molecular formula is C40H56O11. The molecule has 2 aromatic rings. The fourth-order valence-corrected chi connectivity index (χ4v) is 5.84. The van der Waals surface area contributed by atoms with E-state index in [0.717, 1.165) is 62.5 Å². The minimum absolute atomic E-state index is 0.115. The molecule has 282 valence electrons. The molecule has 0 amide bonds. The largest absolute Gasteiger partial charge is 0.493 e. The first-order chi connectivity index (χ1) is 24.8. The fraction of sp³-hybridized carbons (Fsp3) is 0.550. The third-order valence-corrected chi connectivity index (χ3v) is 8.60. The number of ether oxygens (including phenoxy) is 7. The normalized spacial score (nSPS) is 15.3. The molecule has 3 atom stereocenters. The maximum absolute atomic E-state index is 12.0. The summed E-state index contributed by atoms with van der Waals surface area (Å²) in [6, 6.07) is 9.63. The molecule has 3 rings (SSSR count). The van der Waals surface area contributed by atoms with Crippen molar-refractivity contribution in [2.45, 2.75) is 102 Å². The van der Waals surface area contributed by atoms with Gasteiger partial charge >= 0.3 is 11.9 Å². The van der Waals surface area contributed by atoms with Crippen LogP contribution in [0.4, 0.5) is 0 Å². The maximum atomic E-state index is 12.0. The molecule has 0 aromatic heterocycles. The highest BCUT2D eigenvalue weighted by Gasteiger charge is 2.22. The summed E-state index contributed by atoms with van der Waals surface area (Å²) in [5.74, 6) is 2.46. The molecule has 11 heteroatoms. The third kappa shape index (κ3) is 15.3. The van der Waals surface area contributed by atoms with E-state index in [-0.39, 0.29) is 37.9 Å². The van der Waals surface area contributed by atoms with Crippen LogP contribution in [0, 0.1) is 0 Å². The van der Waals surface area contributed by atoms with Gasteiger partial charge in [0.15, 0.2) is 23.0 Å². The van der Waals surface area contributed by atoms with Gasteiger partial charge in [-0.1, -0.05) is 62.8 Å². The Labute approximate surface area is 302 Å². The summed E-state index contributed by atoms with van der Waals surface area (Å²) in [6.07, 6.45) is 14.9. The van der Waals surface area contributed by atoms with Gasteiger partial charge in [-0.3, -0.25) is 4.79 Å². The van der Waals surface area contributed by atoms with Crippen LogP contribution in [0.25, 0.3) is 12.2 Å². The van der Waals surface area contributed by atoms with Gasteiger partial charge in [0, 0.05) is 31.8 Å². The maximum Gasteiger partial charge on any atom is 0.330 e. The summed E-state index contributed by atoms with van der Waals surface area (Å²) >= 11 is 0. The molecule has 0 saturated heterocycles. The average Bonchev–Trinajstić information content (AvgIpc) is 3.12. The number of methoxy groups -OCH3 is 4. The van der Waals surface area contributed by atoms with Crippen molar-refractivity contribution in [2.24, 2.45) is 0 Å². The summed E-state index contributed by atoms with van der Waals surface area (Å²) in [5.41, 5.74) is 1.88. The van der Waals surface area contributed by atoms with Gasteiger partial charge in [0.2, 0.25) is 5.75 Å². The van der Waals surface area contributed by atoms with Crippen LogP contribution >= 0.6 is 0 Å². The van der Waals surface area contributed by atoms with Crippen molar-refractivity contribution in [1.82, 2.24) is 0 Å². The highest BCUT2D eigenvalue weighted by atomic mass is 16.5. The van der Waals surface area contributed by atoms with Crippen molar-refractivity contribution in [3.8, 4) is 28.7 Å². The lowest BCUT2D eigenvalue weighted by Gasteiger charge is -2.22. The van der Waals surface area contributed by atoms with E-state index >= 15 is 0 Å². The van der Waals surface area contributed by atoms with Crippen LogP contribution < -0.4 is 23.7 Å². The molecule has 0 unspecified atom stereocenters. The second-order valence-electron chi connectivity index (χ2n) is 12.6. The Hall–Kier alpha value is -4.22. The van der Waals surface area contributed by atoms with Crippen LogP contribution in [0.2, 0.25) is 0 Å². The first-order valence-corrected chi connectivity index (χ1v) is 17.9. The molecule has 0 aliphatic carbocycles. The van der Waals surface area contributed by atoms with E-state index in [2.05, 4.69) is 0 Å². The highest BCUT2D eigenvalue weighted by molar-refractivity contribution is 5.82. The second-order valence-corrected chi connectivity index (χ2v) is 12.6. The van der Waals surface area contributed by atoms with Gasteiger partial charge in [0.1, 0.15) is 6.10 Å². The Kier molecular flexibility index (Phi) is 18.8. The third-order valence-electron chi connectivity index (χ3n) is 8.60. The van der Waals surface area contributed by atoms with Gasteiger partial charge in [-0.05, 0) is 54.7 Å². The Bertz CT molecular complexity index is 1380. The molecule has 0 saturated carbocycles. The van der Waals surface area contributed by atoms with Crippen LogP contribution in [0.5, 0.6) is 28.7 Å². The first kappa shape index (κ1) is 41.2. The van der Waals surface area contributed by atoms with Crippen molar-refractivity contribution in [3.05, 3.63) is 53.6 Å². The number of cyclic esters (lactones) is 1. The molecule has 1 aliphatic heterocycles. The van der Waals surface area contributed by atoms with Crippen LogP contribution in [0.3, 0.4) is 0 Å². The number of rotatable bonds is 25. The summed E-state index contributed by atoms with van der Waals surface area (Å²) in [6.45, 7) is 0.717. The molecule has 0 fully saturated rings. The summed E-state index contributed by atoms with van der Waals surface area (Å²) in [7, 11) is 6.41. The minimum atomic E-state index is -0.793. The second kappa shape index (κ2) is 23.3. The number of aliphatic hydroxyl groups is 2. The number of hydrogen-bond acceptors (Lipinski definition) is 11. The first-order valence-electron chi connectivity index (χ1n) is 17.9. The summed E-state index contributed by atoms with van der Waals surface area (Å²) < 4.78 is 38.3. The topological polar surface area (TPSA) is 139 Å². The zero-order valence-corrected chi connectivity index (χ0v) is 30.6. The number of esters is 2. The van der Waals surface area contributed by atoms with Gasteiger partial charge in [-0.15, -0.1) is 0 Å².